The second-order valence-corrected chi connectivity index (χ2v) is 6.38. The minimum Gasteiger partial charge on any atom is -0.480 e. The van der Waals surface area contributed by atoms with E-state index in [1.165, 1.54) is 0 Å². The van der Waals surface area contributed by atoms with Crippen LogP contribution in [-0.2, 0) is 4.79 Å². The Labute approximate surface area is 148 Å². The summed E-state index contributed by atoms with van der Waals surface area (Å²) in [5.74, 6) is -0.855. The van der Waals surface area contributed by atoms with Gasteiger partial charge in [0.1, 0.15) is 6.04 Å². The molecule has 0 aliphatic carbocycles. The van der Waals surface area contributed by atoms with Gasteiger partial charge >= 0.3 is 5.97 Å². The number of β-amino-alcohol motifs (C(OH)–C–C–N with tert-alkyl or cyclic N) is 1. The van der Waals surface area contributed by atoms with E-state index < -0.39 is 18.1 Å². The summed E-state index contributed by atoms with van der Waals surface area (Å²) in [5.41, 5.74) is 3.43. The number of aliphatic hydroxyl groups excluding tert-OH is 1. The molecule has 4 heteroatoms. The van der Waals surface area contributed by atoms with Gasteiger partial charge in [0.05, 0.1) is 6.10 Å². The minimum absolute atomic E-state index is 0.309. The summed E-state index contributed by atoms with van der Waals surface area (Å²) in [6, 6.07) is 19.8. The molecule has 25 heavy (non-hydrogen) atoms. The monoisotopic (exact) mass is 337 g/mol. The zero-order chi connectivity index (χ0) is 17.6. The van der Waals surface area contributed by atoms with Crippen molar-refractivity contribution in [3.63, 3.8) is 0 Å². The number of carboxylic acid groups (broad SMARTS) is 1. The normalized spacial score (nSPS) is 20.4. The molecule has 130 valence electrons. The molecule has 1 saturated heterocycles. The average Bonchev–Trinajstić information content (AvgIpc) is 3.01. The second-order valence-electron chi connectivity index (χ2n) is 6.38. The number of carbonyl (C=O) groups is 1. The van der Waals surface area contributed by atoms with Gasteiger partial charge in [-0.25, -0.2) is 0 Å². The van der Waals surface area contributed by atoms with Crippen LogP contribution < -0.4 is 0 Å². The fourth-order valence-corrected chi connectivity index (χ4v) is 3.40. The molecular weight excluding hydrogens is 314 g/mol. The summed E-state index contributed by atoms with van der Waals surface area (Å²) in [4.78, 5) is 13.2. The number of aliphatic hydroxyl groups is 1. The smallest absolute Gasteiger partial charge is 0.321 e. The highest BCUT2D eigenvalue weighted by molar-refractivity contribution is 5.79. The maximum absolute atomic E-state index is 11.3. The minimum atomic E-state index is -0.855. The summed E-state index contributed by atoms with van der Waals surface area (Å²) in [5, 5.41) is 19.1. The molecule has 1 heterocycles. The van der Waals surface area contributed by atoms with Crippen molar-refractivity contribution in [1.82, 2.24) is 4.90 Å². The molecule has 3 rings (SSSR count). The second kappa shape index (κ2) is 8.10. The molecule has 2 aromatic rings. The third-order valence-electron chi connectivity index (χ3n) is 4.60. The number of benzene rings is 2. The topological polar surface area (TPSA) is 60.8 Å². The van der Waals surface area contributed by atoms with E-state index in [4.69, 9.17) is 0 Å². The van der Waals surface area contributed by atoms with Gasteiger partial charge in [-0.2, -0.15) is 0 Å². The molecule has 1 aliphatic heterocycles. The standard InChI is InChI=1S/C21H23NO3/c23-18-14-20(21(24)25)22(15-18)13-7-12-19(16-8-3-1-4-9-16)17-10-5-2-6-11-17/h1-6,8-12,18,20,23H,7,13-15H2,(H,24,25)/t18-,20-/m0/s1. The van der Waals surface area contributed by atoms with E-state index in [2.05, 4.69) is 30.3 Å². The number of rotatable bonds is 6. The van der Waals surface area contributed by atoms with Crippen LogP contribution in [0.4, 0.5) is 0 Å². The zero-order valence-corrected chi connectivity index (χ0v) is 14.1. The van der Waals surface area contributed by atoms with Crippen LogP contribution in [0.3, 0.4) is 0 Å². The third kappa shape index (κ3) is 4.35. The maximum Gasteiger partial charge on any atom is 0.321 e. The number of likely N-dealkylation sites (tertiary alicyclic amines) is 1. The Morgan fingerprint density at radius 3 is 2.12 bits per heavy atom. The van der Waals surface area contributed by atoms with Crippen LogP contribution in [0.15, 0.2) is 66.7 Å². The number of carboxylic acids is 1. The van der Waals surface area contributed by atoms with Crippen molar-refractivity contribution >= 4 is 11.5 Å². The molecule has 0 radical (unpaired) electrons. The van der Waals surface area contributed by atoms with Gasteiger partial charge in [0.25, 0.3) is 0 Å². The number of aliphatic carboxylic acids is 1. The van der Waals surface area contributed by atoms with Crippen molar-refractivity contribution in [2.75, 3.05) is 13.1 Å². The van der Waals surface area contributed by atoms with Crippen LogP contribution in [0, 0.1) is 0 Å². The van der Waals surface area contributed by atoms with E-state index in [1.807, 2.05) is 41.3 Å². The largest absolute Gasteiger partial charge is 0.480 e. The Balaban J connectivity index is 1.77. The molecule has 0 aromatic heterocycles. The summed E-state index contributed by atoms with van der Waals surface area (Å²) in [7, 11) is 0. The third-order valence-corrected chi connectivity index (χ3v) is 4.60. The highest BCUT2D eigenvalue weighted by Crippen LogP contribution is 2.24. The Kier molecular flexibility index (Phi) is 5.64. The van der Waals surface area contributed by atoms with Gasteiger partial charge in [-0.05, 0) is 23.1 Å². The molecule has 0 spiro atoms. The van der Waals surface area contributed by atoms with E-state index in [1.54, 1.807) is 0 Å². The van der Waals surface area contributed by atoms with Gasteiger partial charge < -0.3 is 10.2 Å². The van der Waals surface area contributed by atoms with Crippen molar-refractivity contribution in [3.8, 4) is 0 Å². The predicted molar refractivity (Wildman–Crippen MR) is 98.2 cm³/mol. The lowest BCUT2D eigenvalue weighted by Gasteiger charge is -2.20. The molecule has 2 N–H and O–H groups in total. The van der Waals surface area contributed by atoms with Crippen LogP contribution in [0.25, 0.3) is 5.57 Å². The quantitative estimate of drug-likeness (QED) is 0.851. The van der Waals surface area contributed by atoms with Gasteiger partial charge in [-0.15, -0.1) is 0 Å². The average molecular weight is 337 g/mol. The van der Waals surface area contributed by atoms with E-state index in [9.17, 15) is 15.0 Å². The molecule has 4 nitrogen and oxygen atoms in total. The Bertz CT molecular complexity index is 686. The molecule has 2 aromatic carbocycles. The van der Waals surface area contributed by atoms with E-state index >= 15 is 0 Å². The first kappa shape index (κ1) is 17.4. The summed E-state index contributed by atoms with van der Waals surface area (Å²) >= 11 is 0. The van der Waals surface area contributed by atoms with Crippen LogP contribution in [-0.4, -0.2) is 46.3 Å². The van der Waals surface area contributed by atoms with Crippen molar-refractivity contribution in [2.24, 2.45) is 0 Å². The lowest BCUT2D eigenvalue weighted by atomic mass is 9.97. The van der Waals surface area contributed by atoms with Crippen molar-refractivity contribution in [2.45, 2.75) is 25.0 Å². The maximum atomic E-state index is 11.3. The predicted octanol–water partition coefficient (Wildman–Crippen LogP) is 3.03. The Hall–Kier alpha value is -2.43. The van der Waals surface area contributed by atoms with Gasteiger partial charge in [0, 0.05) is 19.5 Å². The number of hydrogen-bond donors (Lipinski definition) is 2. The van der Waals surface area contributed by atoms with E-state index in [0.717, 1.165) is 23.1 Å². The molecule has 0 unspecified atom stereocenters. The van der Waals surface area contributed by atoms with E-state index in [-0.39, 0.29) is 0 Å². The fourth-order valence-electron chi connectivity index (χ4n) is 3.40. The van der Waals surface area contributed by atoms with Crippen molar-refractivity contribution in [3.05, 3.63) is 77.9 Å². The first-order valence-electron chi connectivity index (χ1n) is 8.61. The summed E-state index contributed by atoms with van der Waals surface area (Å²) in [6.45, 7) is 1.05. The molecule has 2 atom stereocenters. The lowest BCUT2D eigenvalue weighted by Crippen LogP contribution is -2.36. The molecule has 1 aliphatic rings. The number of nitrogens with zero attached hydrogens (tertiary/aromatic N) is 1. The van der Waals surface area contributed by atoms with Crippen molar-refractivity contribution in [1.29, 1.82) is 0 Å². The molecule has 1 fully saturated rings. The molecule has 0 saturated carbocycles. The van der Waals surface area contributed by atoms with Crippen LogP contribution >= 0.6 is 0 Å². The van der Waals surface area contributed by atoms with E-state index in [0.29, 0.717) is 19.5 Å². The molecule has 0 bridgehead atoms. The fraction of sp³-hybridized carbons (Fsp3) is 0.286. The van der Waals surface area contributed by atoms with Crippen LogP contribution in [0.2, 0.25) is 0 Å². The highest BCUT2D eigenvalue weighted by Gasteiger charge is 2.35. The Morgan fingerprint density at radius 2 is 1.60 bits per heavy atom. The van der Waals surface area contributed by atoms with Crippen LogP contribution in [0.1, 0.15) is 24.0 Å². The lowest BCUT2D eigenvalue weighted by molar-refractivity contribution is -0.142. The van der Waals surface area contributed by atoms with Gasteiger partial charge in [-0.3, -0.25) is 9.69 Å². The Morgan fingerprint density at radius 1 is 1.04 bits per heavy atom. The van der Waals surface area contributed by atoms with Gasteiger partial charge in [0.15, 0.2) is 0 Å². The van der Waals surface area contributed by atoms with Crippen LogP contribution in [0.5, 0.6) is 0 Å². The van der Waals surface area contributed by atoms with Gasteiger partial charge in [-0.1, -0.05) is 66.7 Å². The first-order valence-corrected chi connectivity index (χ1v) is 8.61. The van der Waals surface area contributed by atoms with Crippen molar-refractivity contribution < 1.29 is 15.0 Å². The van der Waals surface area contributed by atoms with Gasteiger partial charge in [0.2, 0.25) is 0 Å². The first-order chi connectivity index (χ1) is 12.1. The summed E-state index contributed by atoms with van der Waals surface area (Å²) in [6.07, 6.45) is 2.65. The highest BCUT2D eigenvalue weighted by atomic mass is 16.4. The summed E-state index contributed by atoms with van der Waals surface area (Å²) < 4.78 is 0. The SMILES string of the molecule is O=C(O)[C@@H]1C[C@H](O)CN1CCC=C(c1ccccc1)c1ccccc1. The number of hydrogen-bond acceptors (Lipinski definition) is 3. The molecule has 0 amide bonds. The zero-order valence-electron chi connectivity index (χ0n) is 14.1. The molecular formula is C21H23NO3.